The Kier molecular flexibility index (Phi) is 20.0. The third-order valence-corrected chi connectivity index (χ3v) is 17.2. The van der Waals surface area contributed by atoms with Crippen molar-refractivity contribution in [2.45, 2.75) is 12.8 Å². The molecule has 0 nitrogen and oxygen atoms in total. The molecule has 0 saturated heterocycles. The SMILES string of the molecule is C=C/C=C\C=C\[PH+](c1ccccc1)c1ccccccccc1[PH+](c1ccccc1)c1ccccc1.[Au+].[Au+].[C-]#Cc1ccc2c(c1)-c1ccccc1C2.[C-]#Cc1ccc2c(c1)-c1ccccc1C2. The molecule has 0 fully saturated rings. The van der Waals surface area contributed by atoms with Crippen molar-refractivity contribution in [3.8, 4) is 34.1 Å². The van der Waals surface area contributed by atoms with E-state index >= 15 is 0 Å². The molecule has 0 bridgehead atoms. The summed E-state index contributed by atoms with van der Waals surface area (Å²) in [6, 6.07) is 79.6. The third-order valence-electron chi connectivity index (χ3n) is 11.6. The Morgan fingerprint density at radius 2 is 0.765 bits per heavy atom. The van der Waals surface area contributed by atoms with Crippen LogP contribution in [0.4, 0.5) is 0 Å². The second-order valence-corrected chi connectivity index (χ2v) is 20.6. The average Bonchev–Trinajstić information content (AvgIpc) is 3.95. The summed E-state index contributed by atoms with van der Waals surface area (Å²) >= 11 is 0. The van der Waals surface area contributed by atoms with Crippen molar-refractivity contribution >= 4 is 42.4 Å². The summed E-state index contributed by atoms with van der Waals surface area (Å²) < 4.78 is 0. The van der Waals surface area contributed by atoms with E-state index in [1.54, 1.807) is 0 Å². The smallest absolute Gasteiger partial charge is 0.366 e. The van der Waals surface area contributed by atoms with Crippen LogP contribution in [0.25, 0.3) is 22.3 Å². The molecule has 1 atom stereocenters. The van der Waals surface area contributed by atoms with Crippen LogP contribution in [-0.4, -0.2) is 0 Å². The Hall–Kier alpha value is -6.08. The molecule has 0 radical (unpaired) electrons. The molecule has 2 aliphatic carbocycles. The minimum atomic E-state index is -1.26. The predicted molar refractivity (Wildman–Crippen MR) is 289 cm³/mol. The summed E-state index contributed by atoms with van der Waals surface area (Å²) in [7, 11) is -2.49. The molecule has 336 valence electrons. The molecule has 8 aromatic carbocycles. The normalized spacial score (nSPS) is 11.5. The van der Waals surface area contributed by atoms with Crippen LogP contribution in [0.1, 0.15) is 33.4 Å². The number of allylic oxidation sites excluding steroid dienone is 4. The minimum Gasteiger partial charge on any atom is -0.366 e. The number of hydrogen-bond acceptors (Lipinski definition) is 0. The molecule has 0 N–H and O–H groups in total. The summed E-state index contributed by atoms with van der Waals surface area (Å²) in [5, 5.41) is 6.98. The maximum absolute atomic E-state index is 7.14. The van der Waals surface area contributed by atoms with Gasteiger partial charge in [0.2, 0.25) is 0 Å². The molecule has 0 spiro atoms. The van der Waals surface area contributed by atoms with E-state index in [2.05, 4.69) is 237 Å². The Morgan fingerprint density at radius 3 is 1.24 bits per heavy atom. The van der Waals surface area contributed by atoms with E-state index in [9.17, 15) is 0 Å². The van der Waals surface area contributed by atoms with Crippen LogP contribution in [0, 0.1) is 24.7 Å². The van der Waals surface area contributed by atoms with Gasteiger partial charge in [-0.3, -0.25) is 11.8 Å². The van der Waals surface area contributed by atoms with Gasteiger partial charge in [0.05, 0.1) is 13.7 Å². The fourth-order valence-electron chi connectivity index (χ4n) is 8.54. The summed E-state index contributed by atoms with van der Waals surface area (Å²) in [5.74, 6) is 7.27. The van der Waals surface area contributed by atoms with Gasteiger partial charge in [-0.1, -0.05) is 176 Å². The summed E-state index contributed by atoms with van der Waals surface area (Å²) in [4.78, 5) is 0. The molecule has 0 aliphatic heterocycles. The van der Waals surface area contributed by atoms with Gasteiger partial charge >= 0.3 is 44.8 Å². The van der Waals surface area contributed by atoms with Crippen LogP contribution in [0.3, 0.4) is 0 Å². The van der Waals surface area contributed by atoms with E-state index in [4.69, 9.17) is 12.8 Å². The molecule has 68 heavy (non-hydrogen) atoms. The van der Waals surface area contributed by atoms with Gasteiger partial charge in [-0.15, -0.1) is 35.4 Å². The molecular formula is C64H50Au2P2+2. The number of rotatable bonds is 8. The molecule has 0 amide bonds. The van der Waals surface area contributed by atoms with Crippen molar-refractivity contribution in [1.29, 1.82) is 0 Å². The molecule has 8 aromatic rings. The largest absolute Gasteiger partial charge is 1.00 e. The van der Waals surface area contributed by atoms with E-state index < -0.39 is 15.8 Å². The van der Waals surface area contributed by atoms with Gasteiger partial charge in [0, 0.05) is 0 Å². The van der Waals surface area contributed by atoms with E-state index in [-0.39, 0.29) is 44.8 Å². The maximum Gasteiger partial charge on any atom is 1.00 e. The van der Waals surface area contributed by atoms with E-state index in [1.807, 2.05) is 36.4 Å². The molecule has 2 aliphatic rings. The molecular weight excluding hydrogens is 1220 g/mol. The van der Waals surface area contributed by atoms with E-state index in [0.717, 1.165) is 24.0 Å². The second-order valence-electron chi connectivity index (χ2n) is 15.8. The van der Waals surface area contributed by atoms with Crippen molar-refractivity contribution in [2.75, 3.05) is 0 Å². The van der Waals surface area contributed by atoms with Gasteiger partial charge in [-0.25, -0.2) is 0 Å². The Balaban J connectivity index is 0.000000194. The Labute approximate surface area is 437 Å². The standard InChI is InChI=1S/C34H30P2.2C15H9.2Au/c1-2-3-4-20-29-35(30-21-12-9-13-22-30)33-27-18-7-5-6-8-19-28-34(33)36(31-23-14-10-15-24-31)32-25-16-11-17-26-32;2*1-2-11-7-8-13-10-12-5-3-4-6-14(12)15(13)9-11;;/h2-29H,1H2;2*3-9H,10H2;;/q;2*-1;2*+1/p+2/b4-3-,6-5?,7-5?,8-6?,18-7?,19-8?,27-18?,28-19?,29-20+,33-27?,34-28?,34-33?;;;;. The molecule has 10 rings (SSSR count). The second kappa shape index (κ2) is 26.5. The van der Waals surface area contributed by atoms with Gasteiger partial charge < -0.3 is 12.8 Å². The van der Waals surface area contributed by atoms with Crippen molar-refractivity contribution in [1.82, 2.24) is 0 Å². The monoisotopic (exact) mass is 1270 g/mol. The van der Waals surface area contributed by atoms with Crippen LogP contribution in [0.15, 0.2) is 261 Å². The van der Waals surface area contributed by atoms with E-state index in [1.165, 1.54) is 71.0 Å². The zero-order valence-electron chi connectivity index (χ0n) is 37.5. The number of fused-ring (bicyclic) bond motifs is 6. The van der Waals surface area contributed by atoms with Gasteiger partial charge in [0.25, 0.3) is 0 Å². The van der Waals surface area contributed by atoms with Gasteiger partial charge in [-0.2, -0.15) is 0 Å². The first kappa shape index (κ1) is 51.3. The third kappa shape index (κ3) is 12.9. The van der Waals surface area contributed by atoms with Crippen LogP contribution < -0.4 is 26.5 Å². The average molecular weight is 1270 g/mol. The number of benzene rings is 7. The van der Waals surface area contributed by atoms with Crippen molar-refractivity contribution in [3.05, 3.63) is 307 Å². The Bertz CT molecular complexity index is 2990. The zero-order chi connectivity index (χ0) is 45.3. The molecule has 4 heteroatoms. The van der Waals surface area contributed by atoms with E-state index in [0.29, 0.717) is 0 Å². The van der Waals surface area contributed by atoms with Crippen LogP contribution in [-0.2, 0) is 57.6 Å². The van der Waals surface area contributed by atoms with Gasteiger partial charge in [0.1, 0.15) is 34.4 Å². The van der Waals surface area contributed by atoms with Crippen LogP contribution in [0.2, 0.25) is 0 Å². The van der Waals surface area contributed by atoms with Crippen LogP contribution >= 0.6 is 15.8 Å². The predicted octanol–water partition coefficient (Wildman–Crippen LogP) is 13.1. The topological polar surface area (TPSA) is 0 Å². The zero-order valence-corrected chi connectivity index (χ0v) is 43.8. The van der Waals surface area contributed by atoms with Crippen LogP contribution in [0.5, 0.6) is 0 Å². The summed E-state index contributed by atoms with van der Waals surface area (Å²) in [5.41, 5.74) is 12.3. The molecule has 0 aromatic heterocycles. The van der Waals surface area contributed by atoms with Gasteiger partial charge in [0.15, 0.2) is 0 Å². The Morgan fingerprint density at radius 1 is 0.382 bits per heavy atom. The molecule has 0 heterocycles. The number of hydrogen-bond donors (Lipinski definition) is 0. The van der Waals surface area contributed by atoms with Gasteiger partial charge in [-0.05, 0) is 112 Å². The molecule has 0 saturated carbocycles. The first-order valence-electron chi connectivity index (χ1n) is 22.2. The molecule has 1 unspecified atom stereocenters. The fraction of sp³-hybridized carbons (Fsp3) is 0.0312. The first-order chi connectivity index (χ1) is 32.6. The summed E-state index contributed by atoms with van der Waals surface area (Å²) in [6.45, 7) is 3.82. The van der Waals surface area contributed by atoms with Crippen molar-refractivity contribution in [3.63, 3.8) is 0 Å². The van der Waals surface area contributed by atoms with Crippen molar-refractivity contribution < 1.29 is 44.8 Å². The maximum atomic E-state index is 7.14. The van der Waals surface area contributed by atoms with Crippen molar-refractivity contribution in [2.24, 2.45) is 0 Å². The first-order valence-corrected chi connectivity index (χ1v) is 25.3. The quantitative estimate of drug-likeness (QED) is 0.0468. The minimum absolute atomic E-state index is 0. The summed E-state index contributed by atoms with van der Waals surface area (Å²) in [6.07, 6.45) is 24.4. The fourth-order valence-corrected chi connectivity index (χ4v) is 14.1.